The van der Waals surface area contributed by atoms with E-state index in [2.05, 4.69) is 0 Å². The molecule has 0 N–H and O–H groups in total. The van der Waals surface area contributed by atoms with Crippen LogP contribution in [0.5, 0.6) is 0 Å². The van der Waals surface area contributed by atoms with Gasteiger partial charge in [-0.2, -0.15) is 0 Å². The van der Waals surface area contributed by atoms with Gasteiger partial charge in [-0.15, -0.1) is 0 Å². The lowest BCUT2D eigenvalue weighted by Gasteiger charge is -2.71. The highest BCUT2D eigenvalue weighted by Gasteiger charge is 2.68. The minimum atomic E-state index is -0.218. The lowest BCUT2D eigenvalue weighted by molar-refractivity contribution is -0.213. The van der Waals surface area contributed by atoms with Crippen LogP contribution in [-0.2, 0) is 9.59 Å². The van der Waals surface area contributed by atoms with Crippen LogP contribution in [0.15, 0.2) is 0 Å². The third-order valence-corrected chi connectivity index (χ3v) is 4.99. The lowest BCUT2D eigenvalue weighted by atomic mass is 9.32. The van der Waals surface area contributed by atoms with Crippen molar-refractivity contribution >= 4 is 11.6 Å². The molecule has 2 bridgehead atoms. The molecule has 0 heterocycles. The van der Waals surface area contributed by atoms with E-state index in [1.165, 1.54) is 0 Å². The van der Waals surface area contributed by atoms with Gasteiger partial charge >= 0.3 is 0 Å². The molecular formula is C17H28O2. The minimum Gasteiger partial charge on any atom is -0.299 e. The van der Waals surface area contributed by atoms with Crippen molar-refractivity contribution in [2.75, 3.05) is 0 Å². The Labute approximate surface area is 117 Å². The maximum atomic E-state index is 12.1. The van der Waals surface area contributed by atoms with Crippen molar-refractivity contribution in [3.8, 4) is 0 Å². The van der Waals surface area contributed by atoms with E-state index in [1.54, 1.807) is 0 Å². The Kier molecular flexibility index (Phi) is 3.05. The summed E-state index contributed by atoms with van der Waals surface area (Å²) in [5.41, 5.74) is 0.0959. The van der Waals surface area contributed by atoms with Gasteiger partial charge in [0.05, 0.1) is 0 Å². The number of carbonyl (C=O) groups excluding carboxylic acids is 2. The topological polar surface area (TPSA) is 34.1 Å². The second kappa shape index (κ2) is 3.93. The lowest BCUT2D eigenvalue weighted by Crippen LogP contribution is -2.63. The number of Topliss-reactive ketones (excluding diaryl/α,β-unsaturated/α-hetero) is 2. The molecule has 3 aliphatic carbocycles. The zero-order valence-corrected chi connectivity index (χ0v) is 13.4. The first-order valence-corrected chi connectivity index (χ1v) is 7.44. The van der Waals surface area contributed by atoms with Gasteiger partial charge in [0.25, 0.3) is 0 Å². The largest absolute Gasteiger partial charge is 0.299 e. The molecule has 0 aromatic heterocycles. The van der Waals surface area contributed by atoms with Crippen LogP contribution in [0.2, 0.25) is 0 Å². The van der Waals surface area contributed by atoms with Gasteiger partial charge < -0.3 is 0 Å². The average molecular weight is 264 g/mol. The Balaban J connectivity index is 1.86. The summed E-state index contributed by atoms with van der Waals surface area (Å²) in [5, 5.41) is 0. The van der Waals surface area contributed by atoms with Crippen molar-refractivity contribution in [2.24, 2.45) is 21.7 Å². The molecule has 2 heteroatoms. The third kappa shape index (κ3) is 2.64. The molecule has 0 spiro atoms. The van der Waals surface area contributed by atoms with Crippen molar-refractivity contribution in [1.82, 2.24) is 0 Å². The smallest absolute Gasteiger partial charge is 0.138 e. The first-order valence-electron chi connectivity index (χ1n) is 7.44. The molecule has 0 saturated heterocycles. The molecule has 2 nitrogen and oxygen atoms in total. The van der Waals surface area contributed by atoms with Crippen LogP contribution in [-0.4, -0.2) is 11.6 Å². The van der Waals surface area contributed by atoms with Gasteiger partial charge in [-0.25, -0.2) is 0 Å². The molecule has 0 aromatic carbocycles. The number of carbonyl (C=O) groups is 2. The van der Waals surface area contributed by atoms with Crippen LogP contribution in [0, 0.1) is 21.7 Å². The molecule has 0 amide bonds. The molecule has 0 radical (unpaired) electrons. The van der Waals surface area contributed by atoms with E-state index < -0.39 is 0 Å². The van der Waals surface area contributed by atoms with Crippen molar-refractivity contribution in [3.05, 3.63) is 0 Å². The molecule has 0 aromatic rings. The van der Waals surface area contributed by atoms with Gasteiger partial charge in [-0.3, -0.25) is 9.59 Å². The van der Waals surface area contributed by atoms with Crippen LogP contribution in [0.4, 0.5) is 0 Å². The first-order chi connectivity index (χ1) is 8.38. The van der Waals surface area contributed by atoms with Gasteiger partial charge in [0, 0.05) is 23.7 Å². The van der Waals surface area contributed by atoms with Crippen LogP contribution in [0.3, 0.4) is 0 Å². The van der Waals surface area contributed by atoms with E-state index in [4.69, 9.17) is 0 Å². The summed E-state index contributed by atoms with van der Waals surface area (Å²) in [4.78, 5) is 24.2. The summed E-state index contributed by atoms with van der Waals surface area (Å²) >= 11 is 0. The molecular weight excluding hydrogens is 236 g/mol. The summed E-state index contributed by atoms with van der Waals surface area (Å²) < 4.78 is 0. The van der Waals surface area contributed by atoms with E-state index in [0.717, 1.165) is 32.1 Å². The summed E-state index contributed by atoms with van der Waals surface area (Å²) in [6, 6.07) is 0. The third-order valence-electron chi connectivity index (χ3n) is 4.99. The molecule has 0 aliphatic heterocycles. The van der Waals surface area contributed by atoms with E-state index in [9.17, 15) is 9.59 Å². The van der Waals surface area contributed by atoms with Crippen LogP contribution < -0.4 is 0 Å². The molecule has 3 saturated carbocycles. The summed E-state index contributed by atoms with van der Waals surface area (Å²) in [6.45, 7) is 12.0. The van der Waals surface area contributed by atoms with E-state index >= 15 is 0 Å². The molecule has 19 heavy (non-hydrogen) atoms. The second-order valence-electron chi connectivity index (χ2n) is 9.23. The van der Waals surface area contributed by atoms with Gasteiger partial charge in [0.15, 0.2) is 0 Å². The van der Waals surface area contributed by atoms with Gasteiger partial charge in [-0.05, 0) is 30.1 Å². The number of ketones is 2. The Morgan fingerprint density at radius 2 is 1.00 bits per heavy atom. The summed E-state index contributed by atoms with van der Waals surface area (Å²) in [6.07, 6.45) is 4.75. The highest BCUT2D eigenvalue weighted by molar-refractivity contribution is 5.86. The second-order valence-corrected chi connectivity index (χ2v) is 9.23. The van der Waals surface area contributed by atoms with Gasteiger partial charge in [0.1, 0.15) is 11.6 Å². The molecule has 3 rings (SSSR count). The van der Waals surface area contributed by atoms with Crippen molar-refractivity contribution < 1.29 is 9.59 Å². The van der Waals surface area contributed by atoms with Crippen molar-refractivity contribution in [2.45, 2.75) is 73.6 Å². The fourth-order valence-electron chi connectivity index (χ4n) is 3.82. The Bertz CT molecular complexity index is 360. The minimum absolute atomic E-state index is 0.218. The Hall–Kier alpha value is -0.660. The van der Waals surface area contributed by atoms with Crippen LogP contribution in [0.1, 0.15) is 73.6 Å². The quantitative estimate of drug-likeness (QED) is 0.763. The van der Waals surface area contributed by atoms with Crippen molar-refractivity contribution in [1.29, 1.82) is 0 Å². The normalized spacial score (nSPS) is 33.4. The predicted octanol–water partition coefficient (Wildman–Crippen LogP) is 4.17. The highest BCUT2D eigenvalue weighted by Crippen LogP contribution is 2.76. The zero-order valence-electron chi connectivity index (χ0n) is 13.4. The van der Waals surface area contributed by atoms with Gasteiger partial charge in [-0.1, -0.05) is 41.5 Å². The molecule has 0 unspecified atom stereocenters. The average Bonchev–Trinajstić information content (AvgIpc) is 2.08. The molecule has 108 valence electrons. The van der Waals surface area contributed by atoms with Crippen LogP contribution in [0.25, 0.3) is 0 Å². The van der Waals surface area contributed by atoms with Crippen LogP contribution >= 0.6 is 0 Å². The molecule has 3 aliphatic rings. The summed E-state index contributed by atoms with van der Waals surface area (Å²) in [5.74, 6) is 0.755. The van der Waals surface area contributed by atoms with E-state index in [0.29, 0.717) is 11.6 Å². The van der Waals surface area contributed by atoms with Gasteiger partial charge in [0.2, 0.25) is 0 Å². The maximum Gasteiger partial charge on any atom is 0.138 e. The maximum absolute atomic E-state index is 12.1. The fraction of sp³-hybridized carbons (Fsp3) is 0.882. The number of rotatable bonds is 4. The van der Waals surface area contributed by atoms with E-state index in [1.807, 2.05) is 41.5 Å². The zero-order chi connectivity index (χ0) is 14.7. The molecule has 3 fully saturated rings. The first kappa shape index (κ1) is 14.7. The monoisotopic (exact) mass is 264 g/mol. The highest BCUT2D eigenvalue weighted by atomic mass is 16.1. The SMILES string of the molecule is CC(C)(C)C(=O)CC12CC(CC(=O)C(C)(C)C)(C1)C2. The molecule has 0 atom stereocenters. The number of hydrogen-bond acceptors (Lipinski definition) is 2. The number of hydrogen-bond donors (Lipinski definition) is 0. The van der Waals surface area contributed by atoms with E-state index in [-0.39, 0.29) is 21.7 Å². The summed E-state index contributed by atoms with van der Waals surface area (Å²) in [7, 11) is 0. The fourth-order valence-corrected chi connectivity index (χ4v) is 3.82. The Morgan fingerprint density at radius 3 is 1.21 bits per heavy atom. The van der Waals surface area contributed by atoms with Crippen molar-refractivity contribution in [3.63, 3.8) is 0 Å². The Morgan fingerprint density at radius 1 is 0.737 bits per heavy atom. The predicted molar refractivity (Wildman–Crippen MR) is 76.9 cm³/mol. The standard InChI is InChI=1S/C17H28O2/c1-14(2,3)12(18)7-16-9-17(10-16,11-16)8-13(19)15(4,5)6/h7-11H2,1-6H3.